The summed E-state index contributed by atoms with van der Waals surface area (Å²) >= 11 is 0. The van der Waals surface area contributed by atoms with E-state index in [-0.39, 0.29) is 22.6 Å². The predicted molar refractivity (Wildman–Crippen MR) is 138 cm³/mol. The van der Waals surface area contributed by atoms with E-state index in [0.29, 0.717) is 17.3 Å². The maximum atomic E-state index is 13.5. The summed E-state index contributed by atoms with van der Waals surface area (Å²) in [5.74, 6) is 5.82. The van der Waals surface area contributed by atoms with E-state index >= 15 is 0 Å². The molecule has 2 aromatic rings. The maximum Gasteiger partial charge on any atom is 0.231 e. The van der Waals surface area contributed by atoms with E-state index in [4.69, 9.17) is 9.97 Å². The lowest BCUT2D eigenvalue weighted by molar-refractivity contribution is -0.141. The fourth-order valence-electron chi connectivity index (χ4n) is 10.4. The van der Waals surface area contributed by atoms with Crippen LogP contribution in [0.4, 0.5) is 11.6 Å². The van der Waals surface area contributed by atoms with Crippen molar-refractivity contribution in [2.24, 2.45) is 46.3 Å². The van der Waals surface area contributed by atoms with E-state index < -0.39 is 0 Å². The summed E-state index contributed by atoms with van der Waals surface area (Å²) in [6.07, 6.45) is 14.2. The standard InChI is InChI=1S/C30H36N4O2/c35-27(29-11-17-5-18(12-29)7-19(6-17)13-29)33-24-3-1-23-2-4-25(32-26(23)31-24)34-28(36)30-14-20-8-21(15-30)10-22(9-20)16-30/h1-4,17-22H,5-16H2,(H2,31,32,33,34,35,36). The Balaban J connectivity index is 1.01. The molecule has 2 amide bonds. The van der Waals surface area contributed by atoms with Gasteiger partial charge in [0, 0.05) is 5.39 Å². The molecule has 2 aromatic heterocycles. The largest absolute Gasteiger partial charge is 0.310 e. The lowest BCUT2D eigenvalue weighted by atomic mass is 9.49. The van der Waals surface area contributed by atoms with Crippen molar-refractivity contribution in [2.75, 3.05) is 10.6 Å². The first kappa shape index (κ1) is 21.6. The van der Waals surface area contributed by atoms with E-state index in [1.165, 1.54) is 38.5 Å². The van der Waals surface area contributed by atoms with Crippen LogP contribution in [0, 0.1) is 46.3 Å². The highest BCUT2D eigenvalue weighted by atomic mass is 16.2. The predicted octanol–water partition coefficient (Wildman–Crippen LogP) is 5.94. The molecule has 0 unspecified atom stereocenters. The van der Waals surface area contributed by atoms with E-state index in [1.807, 2.05) is 24.3 Å². The van der Waals surface area contributed by atoms with Crippen molar-refractivity contribution < 1.29 is 9.59 Å². The molecule has 8 aliphatic carbocycles. The molecule has 2 heterocycles. The molecule has 0 radical (unpaired) electrons. The van der Waals surface area contributed by atoms with Crippen LogP contribution in [0.5, 0.6) is 0 Å². The number of nitrogens with one attached hydrogen (secondary N) is 2. The Kier molecular flexibility index (Phi) is 4.50. The molecule has 8 aliphatic rings. The number of carbonyl (C=O) groups is 2. The minimum Gasteiger partial charge on any atom is -0.310 e. The highest BCUT2D eigenvalue weighted by Gasteiger charge is 2.55. The van der Waals surface area contributed by atoms with Crippen molar-refractivity contribution in [3.05, 3.63) is 24.3 Å². The Morgan fingerprint density at radius 1 is 0.583 bits per heavy atom. The first-order chi connectivity index (χ1) is 17.4. The van der Waals surface area contributed by atoms with Gasteiger partial charge in [0.15, 0.2) is 5.65 Å². The third kappa shape index (κ3) is 3.35. The number of carbonyl (C=O) groups excluding carboxylic acids is 2. The van der Waals surface area contributed by atoms with Gasteiger partial charge in [0.2, 0.25) is 11.8 Å². The summed E-state index contributed by atoms with van der Waals surface area (Å²) in [6.45, 7) is 0. The van der Waals surface area contributed by atoms with Crippen molar-refractivity contribution in [1.82, 2.24) is 9.97 Å². The van der Waals surface area contributed by atoms with Crippen LogP contribution in [-0.4, -0.2) is 21.8 Å². The molecule has 0 aliphatic heterocycles. The molecule has 36 heavy (non-hydrogen) atoms. The van der Waals surface area contributed by atoms with E-state index in [9.17, 15) is 9.59 Å². The first-order valence-electron chi connectivity index (χ1n) is 14.3. The minimum atomic E-state index is -0.202. The van der Waals surface area contributed by atoms with Gasteiger partial charge in [0.1, 0.15) is 11.6 Å². The van der Waals surface area contributed by atoms with Crippen LogP contribution in [0.2, 0.25) is 0 Å². The van der Waals surface area contributed by atoms with Crippen molar-refractivity contribution in [2.45, 2.75) is 77.0 Å². The van der Waals surface area contributed by atoms with Crippen LogP contribution in [0.3, 0.4) is 0 Å². The number of pyridine rings is 2. The number of aromatic nitrogens is 2. The van der Waals surface area contributed by atoms with Crippen molar-refractivity contribution in [1.29, 1.82) is 0 Å². The molecule has 2 N–H and O–H groups in total. The van der Waals surface area contributed by atoms with Gasteiger partial charge in [-0.1, -0.05) is 0 Å². The van der Waals surface area contributed by atoms with E-state index in [2.05, 4.69) is 10.6 Å². The topological polar surface area (TPSA) is 84.0 Å². The second-order valence-electron chi connectivity index (χ2n) is 13.7. The summed E-state index contributed by atoms with van der Waals surface area (Å²) in [4.78, 5) is 36.4. The average Bonchev–Trinajstić information content (AvgIpc) is 2.82. The van der Waals surface area contributed by atoms with Gasteiger partial charge in [-0.05, 0) is 137 Å². The smallest absolute Gasteiger partial charge is 0.231 e. The average molecular weight is 485 g/mol. The Morgan fingerprint density at radius 3 is 1.25 bits per heavy atom. The van der Waals surface area contributed by atoms with Crippen molar-refractivity contribution in [3.8, 4) is 0 Å². The maximum absolute atomic E-state index is 13.5. The van der Waals surface area contributed by atoms with E-state index in [1.54, 1.807) is 0 Å². The van der Waals surface area contributed by atoms with Gasteiger partial charge in [-0.25, -0.2) is 9.97 Å². The van der Waals surface area contributed by atoms with Gasteiger partial charge in [0.05, 0.1) is 10.8 Å². The highest BCUT2D eigenvalue weighted by Crippen LogP contribution is 2.61. The molecule has 0 saturated heterocycles. The molecule has 0 atom stereocenters. The zero-order valence-electron chi connectivity index (χ0n) is 21.0. The molecule has 6 heteroatoms. The quantitative estimate of drug-likeness (QED) is 0.563. The Labute approximate surface area is 212 Å². The van der Waals surface area contributed by atoms with Gasteiger partial charge in [-0.3, -0.25) is 9.59 Å². The number of nitrogens with zero attached hydrogens (tertiary/aromatic N) is 2. The third-order valence-electron chi connectivity index (χ3n) is 11.1. The fourth-order valence-corrected chi connectivity index (χ4v) is 10.4. The highest BCUT2D eigenvalue weighted by molar-refractivity contribution is 5.97. The molecule has 8 fully saturated rings. The van der Waals surface area contributed by atoms with Gasteiger partial charge >= 0.3 is 0 Å². The molecular formula is C30H36N4O2. The summed E-state index contributed by atoms with van der Waals surface area (Å²) in [6, 6.07) is 7.71. The Hall–Kier alpha value is -2.50. The fraction of sp³-hybridized carbons (Fsp3) is 0.667. The zero-order chi connectivity index (χ0) is 24.1. The van der Waals surface area contributed by atoms with Crippen LogP contribution < -0.4 is 10.6 Å². The number of amides is 2. The van der Waals surface area contributed by atoms with Crippen LogP contribution in [0.15, 0.2) is 24.3 Å². The Morgan fingerprint density at radius 2 is 0.917 bits per heavy atom. The number of hydrogen-bond donors (Lipinski definition) is 2. The van der Waals surface area contributed by atoms with Crippen molar-refractivity contribution in [3.63, 3.8) is 0 Å². The summed E-state index contributed by atoms with van der Waals surface area (Å²) < 4.78 is 0. The lowest BCUT2D eigenvalue weighted by Crippen LogP contribution is -2.51. The zero-order valence-corrected chi connectivity index (χ0v) is 21.0. The lowest BCUT2D eigenvalue weighted by Gasteiger charge is -2.55. The molecule has 188 valence electrons. The second-order valence-corrected chi connectivity index (χ2v) is 13.7. The number of fused-ring (bicyclic) bond motifs is 1. The van der Waals surface area contributed by atoms with Gasteiger partial charge in [-0.15, -0.1) is 0 Å². The normalized spacial score (nSPS) is 41.6. The van der Waals surface area contributed by atoms with Gasteiger partial charge in [-0.2, -0.15) is 0 Å². The molecule has 8 saturated carbocycles. The summed E-state index contributed by atoms with van der Waals surface area (Å²) in [5, 5.41) is 7.24. The molecule has 10 rings (SSSR count). The van der Waals surface area contributed by atoms with Crippen LogP contribution in [-0.2, 0) is 9.59 Å². The molecule has 8 bridgehead atoms. The second kappa shape index (κ2) is 7.52. The van der Waals surface area contributed by atoms with Gasteiger partial charge < -0.3 is 10.6 Å². The van der Waals surface area contributed by atoms with E-state index in [0.717, 1.165) is 79.4 Å². The molecule has 0 spiro atoms. The van der Waals surface area contributed by atoms with Crippen LogP contribution in [0.25, 0.3) is 11.0 Å². The first-order valence-corrected chi connectivity index (χ1v) is 14.3. The summed E-state index contributed by atoms with van der Waals surface area (Å²) in [5.41, 5.74) is 0.167. The van der Waals surface area contributed by atoms with Crippen LogP contribution in [0.1, 0.15) is 77.0 Å². The number of anilines is 2. The van der Waals surface area contributed by atoms with Gasteiger partial charge in [0.25, 0.3) is 0 Å². The molecular weight excluding hydrogens is 448 g/mol. The molecule has 0 aromatic carbocycles. The molecule has 6 nitrogen and oxygen atoms in total. The third-order valence-corrected chi connectivity index (χ3v) is 11.1. The van der Waals surface area contributed by atoms with Crippen LogP contribution >= 0.6 is 0 Å². The van der Waals surface area contributed by atoms with Crippen molar-refractivity contribution >= 4 is 34.5 Å². The Bertz CT molecular complexity index is 1110. The summed E-state index contributed by atoms with van der Waals surface area (Å²) in [7, 11) is 0. The number of hydrogen-bond acceptors (Lipinski definition) is 4. The number of rotatable bonds is 4. The SMILES string of the molecule is O=C(Nc1ccc2ccc(NC(=O)C34CC5CC(CC(C5)C3)C4)nc2n1)C12CC3CC(CC(C3)C1)C2. The monoisotopic (exact) mass is 484 g/mol. The minimum absolute atomic E-state index is 0.153.